The smallest absolute Gasteiger partial charge is 0.231 e. The van der Waals surface area contributed by atoms with Crippen molar-refractivity contribution < 1.29 is 4.52 Å². The van der Waals surface area contributed by atoms with Crippen LogP contribution in [-0.4, -0.2) is 15.1 Å². The molecule has 0 radical (unpaired) electrons. The van der Waals surface area contributed by atoms with Gasteiger partial charge in [-0.3, -0.25) is 4.98 Å². The molecule has 0 amide bonds. The highest BCUT2D eigenvalue weighted by Crippen LogP contribution is 2.11. The van der Waals surface area contributed by atoms with E-state index in [4.69, 9.17) is 9.78 Å². The summed E-state index contributed by atoms with van der Waals surface area (Å²) in [5.41, 5.74) is 2.77. The molecule has 0 fully saturated rings. The fourth-order valence-electron chi connectivity index (χ4n) is 1.99. The first-order chi connectivity index (χ1) is 10.3. The predicted molar refractivity (Wildman–Crippen MR) is 75.3 cm³/mol. The number of benzene rings is 1. The first kappa shape index (κ1) is 13.0. The molecule has 0 unspecified atom stereocenters. The Labute approximate surface area is 121 Å². The Morgan fingerprint density at radius 3 is 2.38 bits per heavy atom. The highest BCUT2D eigenvalue weighted by Gasteiger charge is 2.08. The molecular formula is C16H12N4O. The lowest BCUT2D eigenvalue weighted by atomic mass is 10.1. The third kappa shape index (κ3) is 3.31. The molecule has 0 aliphatic heterocycles. The van der Waals surface area contributed by atoms with Crippen LogP contribution >= 0.6 is 0 Å². The summed E-state index contributed by atoms with van der Waals surface area (Å²) >= 11 is 0. The molecule has 0 aliphatic carbocycles. The molecule has 2 heterocycles. The molecule has 0 bridgehead atoms. The average Bonchev–Trinajstić information content (AvgIpc) is 2.96. The lowest BCUT2D eigenvalue weighted by Gasteiger charge is -1.96. The minimum atomic E-state index is 0.565. The van der Waals surface area contributed by atoms with Gasteiger partial charge in [-0.2, -0.15) is 10.2 Å². The van der Waals surface area contributed by atoms with Gasteiger partial charge in [0, 0.05) is 18.8 Å². The highest BCUT2D eigenvalue weighted by molar-refractivity contribution is 5.32. The quantitative estimate of drug-likeness (QED) is 0.731. The van der Waals surface area contributed by atoms with Gasteiger partial charge >= 0.3 is 0 Å². The third-order valence-corrected chi connectivity index (χ3v) is 3.06. The maximum Gasteiger partial charge on any atom is 0.231 e. The highest BCUT2D eigenvalue weighted by atomic mass is 16.5. The summed E-state index contributed by atoms with van der Waals surface area (Å²) in [5, 5.41) is 12.7. The van der Waals surface area contributed by atoms with E-state index in [2.05, 4.69) is 21.2 Å². The SMILES string of the molecule is N#Cc1ccc(Cc2nc(Cc3ccncc3)no2)cc1. The zero-order valence-electron chi connectivity index (χ0n) is 11.2. The largest absolute Gasteiger partial charge is 0.339 e. The molecule has 0 spiro atoms. The molecule has 2 aromatic heterocycles. The van der Waals surface area contributed by atoms with Crippen LogP contribution in [0.4, 0.5) is 0 Å². The number of hydrogen-bond donors (Lipinski definition) is 0. The predicted octanol–water partition coefficient (Wildman–Crippen LogP) is 2.52. The second-order valence-electron chi connectivity index (χ2n) is 4.62. The van der Waals surface area contributed by atoms with Gasteiger partial charge < -0.3 is 4.52 Å². The second kappa shape index (κ2) is 5.97. The van der Waals surface area contributed by atoms with Crippen molar-refractivity contribution in [3.63, 3.8) is 0 Å². The van der Waals surface area contributed by atoms with E-state index >= 15 is 0 Å². The maximum absolute atomic E-state index is 8.77. The summed E-state index contributed by atoms with van der Waals surface area (Å²) in [6.45, 7) is 0. The zero-order chi connectivity index (χ0) is 14.5. The van der Waals surface area contributed by atoms with E-state index in [-0.39, 0.29) is 0 Å². The topological polar surface area (TPSA) is 75.6 Å². The first-order valence-corrected chi connectivity index (χ1v) is 6.53. The standard InChI is InChI=1S/C16H12N4O/c17-11-14-3-1-12(2-4-14)10-16-19-15(20-21-16)9-13-5-7-18-8-6-13/h1-8H,9-10H2. The molecule has 21 heavy (non-hydrogen) atoms. The molecule has 0 aliphatic rings. The van der Waals surface area contributed by atoms with E-state index in [1.807, 2.05) is 24.3 Å². The normalized spacial score (nSPS) is 10.2. The van der Waals surface area contributed by atoms with Gasteiger partial charge in [0.2, 0.25) is 5.89 Å². The van der Waals surface area contributed by atoms with Crippen LogP contribution in [0.2, 0.25) is 0 Å². The minimum Gasteiger partial charge on any atom is -0.339 e. The molecular weight excluding hydrogens is 264 g/mol. The second-order valence-corrected chi connectivity index (χ2v) is 4.62. The Kier molecular flexibility index (Phi) is 3.70. The van der Waals surface area contributed by atoms with Crippen LogP contribution in [0.15, 0.2) is 53.3 Å². The van der Waals surface area contributed by atoms with Crippen LogP contribution in [0.5, 0.6) is 0 Å². The molecule has 3 aromatic rings. The molecule has 0 atom stereocenters. The summed E-state index contributed by atoms with van der Waals surface area (Å²) in [6, 6.07) is 13.3. The van der Waals surface area contributed by atoms with Gasteiger partial charge in [0.15, 0.2) is 5.82 Å². The van der Waals surface area contributed by atoms with Gasteiger partial charge in [0.25, 0.3) is 0 Å². The molecule has 5 heteroatoms. The lowest BCUT2D eigenvalue weighted by Crippen LogP contribution is -1.92. The fourth-order valence-corrected chi connectivity index (χ4v) is 1.99. The Morgan fingerprint density at radius 1 is 0.952 bits per heavy atom. The number of rotatable bonds is 4. The molecule has 3 rings (SSSR count). The van der Waals surface area contributed by atoms with Crippen molar-refractivity contribution in [1.29, 1.82) is 5.26 Å². The van der Waals surface area contributed by atoms with Crippen molar-refractivity contribution >= 4 is 0 Å². The summed E-state index contributed by atoms with van der Waals surface area (Å²) in [6.07, 6.45) is 4.68. The minimum absolute atomic E-state index is 0.565. The summed E-state index contributed by atoms with van der Waals surface area (Å²) in [4.78, 5) is 8.36. The van der Waals surface area contributed by atoms with E-state index in [1.165, 1.54) is 0 Å². The van der Waals surface area contributed by atoms with Crippen molar-refractivity contribution in [1.82, 2.24) is 15.1 Å². The van der Waals surface area contributed by atoms with Crippen LogP contribution in [-0.2, 0) is 12.8 Å². The summed E-state index contributed by atoms with van der Waals surface area (Å²) in [5.74, 6) is 1.23. The fraction of sp³-hybridized carbons (Fsp3) is 0.125. The van der Waals surface area contributed by atoms with Crippen molar-refractivity contribution in [2.45, 2.75) is 12.8 Å². The van der Waals surface area contributed by atoms with E-state index in [0.29, 0.717) is 30.1 Å². The van der Waals surface area contributed by atoms with Crippen molar-refractivity contribution in [2.24, 2.45) is 0 Å². The summed E-state index contributed by atoms with van der Waals surface area (Å²) < 4.78 is 5.26. The van der Waals surface area contributed by atoms with E-state index in [1.54, 1.807) is 24.5 Å². The molecule has 1 aromatic carbocycles. The number of aromatic nitrogens is 3. The van der Waals surface area contributed by atoms with Crippen LogP contribution in [0.3, 0.4) is 0 Å². The van der Waals surface area contributed by atoms with Gasteiger partial charge in [0.1, 0.15) is 0 Å². The molecule has 102 valence electrons. The number of nitrogens with zero attached hydrogens (tertiary/aromatic N) is 4. The number of hydrogen-bond acceptors (Lipinski definition) is 5. The molecule has 0 N–H and O–H groups in total. The van der Waals surface area contributed by atoms with E-state index in [9.17, 15) is 0 Å². The van der Waals surface area contributed by atoms with Gasteiger partial charge in [-0.25, -0.2) is 0 Å². The van der Waals surface area contributed by atoms with Crippen LogP contribution in [0.25, 0.3) is 0 Å². The van der Waals surface area contributed by atoms with E-state index < -0.39 is 0 Å². The average molecular weight is 276 g/mol. The Balaban J connectivity index is 1.68. The van der Waals surface area contributed by atoms with Gasteiger partial charge in [-0.1, -0.05) is 17.3 Å². The molecule has 5 nitrogen and oxygen atoms in total. The Bertz CT molecular complexity index is 757. The molecule has 0 saturated heterocycles. The zero-order valence-corrected chi connectivity index (χ0v) is 11.2. The Hall–Kier alpha value is -3.00. The number of pyridine rings is 1. The molecule has 0 saturated carbocycles. The van der Waals surface area contributed by atoms with Crippen molar-refractivity contribution in [2.75, 3.05) is 0 Å². The monoisotopic (exact) mass is 276 g/mol. The maximum atomic E-state index is 8.77. The van der Waals surface area contributed by atoms with Gasteiger partial charge in [-0.05, 0) is 35.4 Å². The third-order valence-electron chi connectivity index (χ3n) is 3.06. The van der Waals surface area contributed by atoms with Crippen molar-refractivity contribution in [3.05, 3.63) is 77.2 Å². The van der Waals surface area contributed by atoms with Crippen molar-refractivity contribution in [3.8, 4) is 6.07 Å². The van der Waals surface area contributed by atoms with Gasteiger partial charge in [-0.15, -0.1) is 0 Å². The first-order valence-electron chi connectivity index (χ1n) is 6.53. The summed E-state index contributed by atoms with van der Waals surface area (Å²) in [7, 11) is 0. The van der Waals surface area contributed by atoms with Gasteiger partial charge in [0.05, 0.1) is 18.1 Å². The Morgan fingerprint density at radius 2 is 1.67 bits per heavy atom. The van der Waals surface area contributed by atoms with Crippen LogP contribution < -0.4 is 0 Å². The lowest BCUT2D eigenvalue weighted by molar-refractivity contribution is 0.380. The van der Waals surface area contributed by atoms with Crippen LogP contribution in [0.1, 0.15) is 28.4 Å². The van der Waals surface area contributed by atoms with Crippen LogP contribution in [0, 0.1) is 11.3 Å². The van der Waals surface area contributed by atoms with E-state index in [0.717, 1.165) is 11.1 Å². The number of nitriles is 1.